The number of carboxylic acid groups (broad SMARTS) is 1. The quantitative estimate of drug-likeness (QED) is 0.737. The molecule has 0 aromatic heterocycles. The van der Waals surface area contributed by atoms with Gasteiger partial charge in [-0.1, -0.05) is 49.6 Å². The Morgan fingerprint density at radius 1 is 1.08 bits per heavy atom. The minimum Gasteiger partial charge on any atom is -0.481 e. The topological polar surface area (TPSA) is 49.3 Å². The molecule has 25 heavy (non-hydrogen) atoms. The summed E-state index contributed by atoms with van der Waals surface area (Å²) >= 11 is 0. The maximum absolute atomic E-state index is 11.0. The number of nitrogens with one attached hydrogen (secondary N) is 1. The highest BCUT2D eigenvalue weighted by Gasteiger charge is 2.36. The van der Waals surface area contributed by atoms with Crippen molar-refractivity contribution in [2.75, 3.05) is 0 Å². The summed E-state index contributed by atoms with van der Waals surface area (Å²) in [6, 6.07) is 11.3. The van der Waals surface area contributed by atoms with E-state index in [9.17, 15) is 4.79 Å². The van der Waals surface area contributed by atoms with E-state index in [0.717, 1.165) is 6.42 Å². The highest BCUT2D eigenvalue weighted by Crippen LogP contribution is 2.47. The number of carboxylic acids is 1. The lowest BCUT2D eigenvalue weighted by atomic mass is 9.64. The molecule has 2 N–H and O–H groups in total. The lowest BCUT2D eigenvalue weighted by molar-refractivity contribution is -0.137. The zero-order chi connectivity index (χ0) is 17.5. The Hall–Kier alpha value is -1.35. The summed E-state index contributed by atoms with van der Waals surface area (Å²) in [5.74, 6) is -0.690. The maximum Gasteiger partial charge on any atom is 0.303 e. The van der Waals surface area contributed by atoms with Gasteiger partial charge in [0.15, 0.2) is 0 Å². The second-order valence-corrected chi connectivity index (χ2v) is 8.32. The summed E-state index contributed by atoms with van der Waals surface area (Å²) < 4.78 is 0. The second kappa shape index (κ2) is 8.84. The van der Waals surface area contributed by atoms with Crippen molar-refractivity contribution in [2.45, 2.75) is 89.1 Å². The summed E-state index contributed by atoms with van der Waals surface area (Å²) in [5, 5.41) is 12.9. The first-order valence-electron chi connectivity index (χ1n) is 10.2. The van der Waals surface area contributed by atoms with Crippen molar-refractivity contribution < 1.29 is 9.90 Å². The van der Waals surface area contributed by atoms with E-state index in [4.69, 9.17) is 5.11 Å². The van der Waals surface area contributed by atoms with E-state index in [2.05, 4.69) is 29.6 Å². The highest BCUT2D eigenvalue weighted by molar-refractivity contribution is 5.66. The van der Waals surface area contributed by atoms with Crippen LogP contribution < -0.4 is 5.32 Å². The van der Waals surface area contributed by atoms with Gasteiger partial charge in [-0.25, -0.2) is 0 Å². The van der Waals surface area contributed by atoms with E-state index < -0.39 is 5.97 Å². The van der Waals surface area contributed by atoms with Crippen molar-refractivity contribution >= 4 is 5.97 Å². The van der Waals surface area contributed by atoms with Crippen molar-refractivity contribution in [2.24, 2.45) is 5.41 Å². The third kappa shape index (κ3) is 5.57. The molecule has 3 nitrogen and oxygen atoms in total. The smallest absolute Gasteiger partial charge is 0.303 e. The summed E-state index contributed by atoms with van der Waals surface area (Å²) in [5.41, 5.74) is 1.94. The molecule has 3 heteroatoms. The van der Waals surface area contributed by atoms with Crippen molar-refractivity contribution in [3.8, 4) is 0 Å². The predicted octanol–water partition coefficient (Wildman–Crippen LogP) is 4.95. The molecule has 1 spiro atoms. The molecule has 0 saturated heterocycles. The van der Waals surface area contributed by atoms with E-state index in [1.54, 1.807) is 0 Å². The first-order chi connectivity index (χ1) is 12.2. The number of rotatable bonds is 7. The maximum atomic E-state index is 11.0. The Kier molecular flexibility index (Phi) is 6.52. The van der Waals surface area contributed by atoms with Crippen LogP contribution in [0.2, 0.25) is 0 Å². The average Bonchev–Trinajstić information content (AvgIpc) is 2.63. The van der Waals surface area contributed by atoms with Crippen LogP contribution in [0, 0.1) is 5.41 Å². The van der Waals surface area contributed by atoms with E-state index >= 15 is 0 Å². The lowest BCUT2D eigenvalue weighted by Gasteiger charge is -2.44. The third-order valence-corrected chi connectivity index (χ3v) is 6.46. The SMILES string of the molecule is O=C(O)CCC(Cc1ccccc1)NC1CCC2(CCCCC2)CC1. The minimum atomic E-state index is -0.690. The summed E-state index contributed by atoms with van der Waals surface area (Å²) in [6.45, 7) is 0. The Labute approximate surface area is 152 Å². The molecule has 0 bridgehead atoms. The number of hydrogen-bond donors (Lipinski definition) is 2. The molecule has 0 heterocycles. The molecule has 0 amide bonds. The van der Waals surface area contributed by atoms with Crippen LogP contribution in [0.1, 0.15) is 76.2 Å². The van der Waals surface area contributed by atoms with Gasteiger partial charge in [-0.2, -0.15) is 0 Å². The van der Waals surface area contributed by atoms with Gasteiger partial charge in [0.1, 0.15) is 0 Å². The van der Waals surface area contributed by atoms with Crippen molar-refractivity contribution in [1.29, 1.82) is 0 Å². The predicted molar refractivity (Wildman–Crippen MR) is 102 cm³/mol. The Bertz CT molecular complexity index is 526. The molecular weight excluding hydrogens is 310 g/mol. The number of aliphatic carboxylic acids is 1. The van der Waals surface area contributed by atoms with E-state index in [0.29, 0.717) is 17.9 Å². The Morgan fingerprint density at radius 2 is 1.76 bits per heavy atom. The van der Waals surface area contributed by atoms with Crippen LogP contribution in [0.5, 0.6) is 0 Å². The molecule has 2 aliphatic rings. The molecular formula is C22H33NO2. The molecule has 2 saturated carbocycles. The van der Waals surface area contributed by atoms with Gasteiger partial charge in [0.25, 0.3) is 0 Å². The largest absolute Gasteiger partial charge is 0.481 e. The number of benzene rings is 1. The van der Waals surface area contributed by atoms with Gasteiger partial charge in [0.05, 0.1) is 0 Å². The van der Waals surface area contributed by atoms with Crippen molar-refractivity contribution in [1.82, 2.24) is 5.32 Å². The summed E-state index contributed by atoms with van der Waals surface area (Å²) in [6.07, 6.45) is 14.3. The van der Waals surface area contributed by atoms with Crippen LogP contribution >= 0.6 is 0 Å². The van der Waals surface area contributed by atoms with Gasteiger partial charge in [0, 0.05) is 18.5 Å². The molecule has 138 valence electrons. The van der Waals surface area contributed by atoms with Gasteiger partial charge >= 0.3 is 5.97 Å². The Balaban J connectivity index is 1.53. The molecule has 3 rings (SSSR count). The van der Waals surface area contributed by atoms with Crippen molar-refractivity contribution in [3.05, 3.63) is 35.9 Å². The fraction of sp³-hybridized carbons (Fsp3) is 0.682. The van der Waals surface area contributed by atoms with E-state index in [1.165, 1.54) is 63.4 Å². The summed E-state index contributed by atoms with van der Waals surface area (Å²) in [4.78, 5) is 11.0. The zero-order valence-electron chi connectivity index (χ0n) is 15.4. The van der Waals surface area contributed by atoms with Crippen LogP contribution in [0.3, 0.4) is 0 Å². The molecule has 0 aliphatic heterocycles. The zero-order valence-corrected chi connectivity index (χ0v) is 15.4. The molecule has 2 aliphatic carbocycles. The Morgan fingerprint density at radius 3 is 2.40 bits per heavy atom. The number of hydrogen-bond acceptors (Lipinski definition) is 2. The van der Waals surface area contributed by atoms with Crippen LogP contribution in [0.15, 0.2) is 30.3 Å². The van der Waals surface area contributed by atoms with Gasteiger partial charge in [-0.05, 0) is 62.3 Å². The number of carbonyl (C=O) groups is 1. The van der Waals surface area contributed by atoms with Gasteiger partial charge in [-0.3, -0.25) is 4.79 Å². The van der Waals surface area contributed by atoms with Gasteiger partial charge < -0.3 is 10.4 Å². The third-order valence-electron chi connectivity index (χ3n) is 6.46. The van der Waals surface area contributed by atoms with Gasteiger partial charge in [0.2, 0.25) is 0 Å². The monoisotopic (exact) mass is 343 g/mol. The first-order valence-corrected chi connectivity index (χ1v) is 10.2. The average molecular weight is 344 g/mol. The molecule has 2 fully saturated rings. The normalized spacial score (nSPS) is 21.9. The molecule has 1 aromatic carbocycles. The lowest BCUT2D eigenvalue weighted by Crippen LogP contribution is -2.44. The first kappa shape index (κ1) is 18.4. The fourth-order valence-electron chi connectivity index (χ4n) is 4.97. The standard InChI is InChI=1S/C22H33NO2/c24-21(25)10-9-20(17-18-7-3-1-4-8-18)23-19-11-15-22(16-12-19)13-5-2-6-14-22/h1,3-4,7-8,19-20,23H,2,5-6,9-17H2,(H,24,25). The second-order valence-electron chi connectivity index (χ2n) is 8.32. The highest BCUT2D eigenvalue weighted by atomic mass is 16.4. The van der Waals surface area contributed by atoms with E-state index in [1.807, 2.05) is 6.07 Å². The summed E-state index contributed by atoms with van der Waals surface area (Å²) in [7, 11) is 0. The fourth-order valence-corrected chi connectivity index (χ4v) is 4.97. The molecule has 1 atom stereocenters. The van der Waals surface area contributed by atoms with Gasteiger partial charge in [-0.15, -0.1) is 0 Å². The minimum absolute atomic E-state index is 0.251. The van der Waals surface area contributed by atoms with Crippen LogP contribution in [-0.2, 0) is 11.2 Å². The molecule has 1 unspecified atom stereocenters. The van der Waals surface area contributed by atoms with E-state index in [-0.39, 0.29) is 12.5 Å². The van der Waals surface area contributed by atoms with Crippen molar-refractivity contribution in [3.63, 3.8) is 0 Å². The molecule has 1 aromatic rings. The van der Waals surface area contributed by atoms with Crippen LogP contribution in [-0.4, -0.2) is 23.2 Å². The molecule has 0 radical (unpaired) electrons. The van der Waals surface area contributed by atoms with Crippen LogP contribution in [0.25, 0.3) is 0 Å². The van der Waals surface area contributed by atoms with Crippen LogP contribution in [0.4, 0.5) is 0 Å².